The molecule has 228 valence electrons. The van der Waals surface area contributed by atoms with Gasteiger partial charge in [-0.1, -0.05) is 81.8 Å². The average molecular weight is 618 g/mol. The minimum atomic E-state index is -0.987. The van der Waals surface area contributed by atoms with E-state index >= 15 is 0 Å². The fraction of sp³-hybridized carbons (Fsp3) is 0.484. The van der Waals surface area contributed by atoms with E-state index in [0.29, 0.717) is 24.4 Å². The molecule has 11 heteroatoms. The first-order valence-electron chi connectivity index (χ1n) is 14.0. The summed E-state index contributed by atoms with van der Waals surface area (Å²) in [5.74, 6) is -1.50. The van der Waals surface area contributed by atoms with E-state index in [1.807, 2.05) is 76.2 Å². The van der Waals surface area contributed by atoms with E-state index in [9.17, 15) is 19.2 Å². The smallest absolute Gasteiger partial charge is 0.417 e. The standard InChI is InChI=1S/C31H40ClN3O6S/c1-19(2)16-25(28(37)34-24(29(38)40-5)17-21-14-15-33-27(21)36)42-35-30(39)41-26(20-10-7-6-8-11-20)31(3,4)22-12-9-13-23(32)18-22/h6-13,18-19,21,24-26H,14-17H2,1-5H3,(H,33,36)(H,34,37)(H,35,39)/t21-,24-,25-,26?/m0/s1. The summed E-state index contributed by atoms with van der Waals surface area (Å²) in [6.07, 6.45) is -0.247. The molecule has 3 rings (SSSR count). The van der Waals surface area contributed by atoms with Gasteiger partial charge in [0.05, 0.1) is 7.11 Å². The summed E-state index contributed by atoms with van der Waals surface area (Å²) in [7, 11) is 1.24. The molecule has 1 saturated heterocycles. The van der Waals surface area contributed by atoms with E-state index < -0.39 is 46.7 Å². The predicted molar refractivity (Wildman–Crippen MR) is 164 cm³/mol. The molecule has 0 saturated carbocycles. The Morgan fingerprint density at radius 1 is 1.12 bits per heavy atom. The fourth-order valence-corrected chi connectivity index (χ4v) is 6.10. The van der Waals surface area contributed by atoms with Gasteiger partial charge in [-0.25, -0.2) is 9.59 Å². The highest BCUT2D eigenvalue weighted by Crippen LogP contribution is 2.40. The van der Waals surface area contributed by atoms with Crippen molar-refractivity contribution >= 4 is 47.4 Å². The molecule has 0 spiro atoms. The summed E-state index contributed by atoms with van der Waals surface area (Å²) in [6.45, 7) is 8.39. The van der Waals surface area contributed by atoms with Crippen LogP contribution in [0.5, 0.6) is 0 Å². The second-order valence-corrected chi connectivity index (χ2v) is 12.8. The molecule has 2 aromatic carbocycles. The molecule has 4 atom stereocenters. The Morgan fingerprint density at radius 3 is 2.43 bits per heavy atom. The van der Waals surface area contributed by atoms with Crippen molar-refractivity contribution in [2.75, 3.05) is 13.7 Å². The number of hydrogen-bond donors (Lipinski definition) is 3. The highest BCUT2D eigenvalue weighted by atomic mass is 35.5. The lowest BCUT2D eigenvalue weighted by molar-refractivity contribution is -0.145. The van der Waals surface area contributed by atoms with Crippen molar-refractivity contribution in [3.05, 3.63) is 70.7 Å². The molecule has 0 aliphatic carbocycles. The molecule has 9 nitrogen and oxygen atoms in total. The maximum Gasteiger partial charge on any atom is 0.417 e. The van der Waals surface area contributed by atoms with E-state index in [1.54, 1.807) is 6.07 Å². The maximum absolute atomic E-state index is 13.4. The average Bonchev–Trinajstić information content (AvgIpc) is 3.37. The van der Waals surface area contributed by atoms with Crippen molar-refractivity contribution in [2.45, 2.75) is 69.8 Å². The molecule has 0 radical (unpaired) electrons. The first kappa shape index (κ1) is 33.3. The van der Waals surface area contributed by atoms with Crippen molar-refractivity contribution < 1.29 is 28.7 Å². The number of benzene rings is 2. The third-order valence-corrected chi connectivity index (χ3v) is 8.51. The maximum atomic E-state index is 13.4. The number of rotatable bonds is 13. The lowest BCUT2D eigenvalue weighted by atomic mass is 9.76. The van der Waals surface area contributed by atoms with E-state index in [4.69, 9.17) is 21.1 Å². The lowest BCUT2D eigenvalue weighted by Gasteiger charge is -2.35. The quantitative estimate of drug-likeness (QED) is 0.205. The molecule has 3 amide bonds. The third kappa shape index (κ3) is 9.13. The van der Waals surface area contributed by atoms with Gasteiger partial charge in [-0.3, -0.25) is 14.3 Å². The lowest BCUT2D eigenvalue weighted by Crippen LogP contribution is -2.47. The summed E-state index contributed by atoms with van der Waals surface area (Å²) < 4.78 is 13.6. The molecule has 0 bridgehead atoms. The van der Waals surface area contributed by atoms with Crippen LogP contribution in [0.25, 0.3) is 0 Å². The van der Waals surface area contributed by atoms with Crippen LogP contribution in [0.3, 0.4) is 0 Å². The van der Waals surface area contributed by atoms with Crippen LogP contribution in [-0.4, -0.2) is 48.8 Å². The number of methoxy groups -OCH3 is 1. The van der Waals surface area contributed by atoms with Crippen LogP contribution < -0.4 is 15.4 Å². The number of amides is 3. The van der Waals surface area contributed by atoms with Crippen LogP contribution in [0.1, 0.15) is 64.2 Å². The van der Waals surface area contributed by atoms with Crippen molar-refractivity contribution in [3.8, 4) is 0 Å². The van der Waals surface area contributed by atoms with Crippen LogP contribution in [-0.2, 0) is 29.3 Å². The van der Waals surface area contributed by atoms with Gasteiger partial charge in [0.25, 0.3) is 0 Å². The molecule has 2 aromatic rings. The van der Waals surface area contributed by atoms with Crippen LogP contribution in [0, 0.1) is 11.8 Å². The Morgan fingerprint density at radius 2 is 1.83 bits per heavy atom. The Kier molecular flexibility index (Phi) is 12.1. The molecular formula is C31H40ClN3O6S. The normalized spacial score (nSPS) is 17.1. The van der Waals surface area contributed by atoms with Gasteiger partial charge >= 0.3 is 12.1 Å². The zero-order valence-electron chi connectivity index (χ0n) is 24.6. The van der Waals surface area contributed by atoms with Gasteiger partial charge in [-0.2, -0.15) is 0 Å². The molecule has 1 fully saturated rings. The summed E-state index contributed by atoms with van der Waals surface area (Å²) in [4.78, 5) is 51.1. The van der Waals surface area contributed by atoms with E-state index in [-0.39, 0.29) is 18.2 Å². The Labute approximate surface area is 257 Å². The van der Waals surface area contributed by atoms with Crippen LogP contribution >= 0.6 is 23.5 Å². The van der Waals surface area contributed by atoms with Gasteiger partial charge in [-0.05, 0) is 60.4 Å². The van der Waals surface area contributed by atoms with Gasteiger partial charge in [0.2, 0.25) is 11.8 Å². The summed E-state index contributed by atoms with van der Waals surface area (Å²) >= 11 is 7.20. The van der Waals surface area contributed by atoms with E-state index in [2.05, 4.69) is 15.4 Å². The molecule has 1 heterocycles. The Balaban J connectivity index is 1.73. The van der Waals surface area contributed by atoms with Crippen molar-refractivity contribution in [1.82, 2.24) is 15.4 Å². The van der Waals surface area contributed by atoms with E-state index in [1.165, 1.54) is 7.11 Å². The van der Waals surface area contributed by atoms with E-state index in [0.717, 1.165) is 23.1 Å². The number of carbonyl (C=O) groups is 4. The number of nitrogens with one attached hydrogen (secondary N) is 3. The fourth-order valence-electron chi connectivity index (χ4n) is 4.96. The number of esters is 1. The zero-order chi connectivity index (χ0) is 30.9. The molecule has 1 aliphatic rings. The minimum absolute atomic E-state index is 0.113. The van der Waals surface area contributed by atoms with Gasteiger partial charge in [0.1, 0.15) is 17.4 Å². The second-order valence-electron chi connectivity index (χ2n) is 11.4. The van der Waals surface area contributed by atoms with Crippen LogP contribution in [0.2, 0.25) is 5.02 Å². The zero-order valence-corrected chi connectivity index (χ0v) is 26.2. The van der Waals surface area contributed by atoms with Crippen molar-refractivity contribution in [3.63, 3.8) is 0 Å². The monoisotopic (exact) mass is 617 g/mol. The largest absolute Gasteiger partial charge is 0.467 e. The number of carbonyl (C=O) groups excluding carboxylic acids is 4. The predicted octanol–water partition coefficient (Wildman–Crippen LogP) is 5.33. The minimum Gasteiger partial charge on any atom is -0.467 e. The number of hydrogen-bond acceptors (Lipinski definition) is 7. The first-order valence-corrected chi connectivity index (χ1v) is 15.3. The summed E-state index contributed by atoms with van der Waals surface area (Å²) in [5, 5.41) is 5.34. The Hall–Kier alpha value is -3.24. The van der Waals surface area contributed by atoms with Gasteiger partial charge in [0, 0.05) is 22.9 Å². The topological polar surface area (TPSA) is 123 Å². The SMILES string of the molecule is COC(=O)[C@H](C[C@@H]1CCNC1=O)NC(=O)[C@H](CC(C)C)SNC(=O)OC(c1ccccc1)C(C)(C)c1cccc(Cl)c1. The van der Waals surface area contributed by atoms with Crippen molar-refractivity contribution in [2.24, 2.45) is 11.8 Å². The third-order valence-electron chi connectivity index (χ3n) is 7.30. The number of halogens is 1. The molecule has 1 aliphatic heterocycles. The Bertz CT molecular complexity index is 1240. The van der Waals surface area contributed by atoms with Gasteiger partial charge in [0.15, 0.2) is 0 Å². The van der Waals surface area contributed by atoms with Crippen molar-refractivity contribution in [1.29, 1.82) is 0 Å². The van der Waals surface area contributed by atoms with Gasteiger partial charge < -0.3 is 20.1 Å². The van der Waals surface area contributed by atoms with Crippen LogP contribution in [0.15, 0.2) is 54.6 Å². The molecule has 42 heavy (non-hydrogen) atoms. The first-order chi connectivity index (χ1) is 19.9. The highest BCUT2D eigenvalue weighted by Gasteiger charge is 2.37. The second kappa shape index (κ2) is 15.3. The van der Waals surface area contributed by atoms with Crippen LogP contribution in [0.4, 0.5) is 4.79 Å². The molecule has 1 unspecified atom stereocenters. The van der Waals surface area contributed by atoms with Gasteiger partial charge in [-0.15, -0.1) is 0 Å². The molecule has 3 N–H and O–H groups in total. The number of ether oxygens (including phenoxy) is 2. The highest BCUT2D eigenvalue weighted by molar-refractivity contribution is 7.99. The summed E-state index contributed by atoms with van der Waals surface area (Å²) in [6, 6.07) is 15.9. The molecular weight excluding hydrogens is 578 g/mol. The molecule has 0 aromatic heterocycles. The summed E-state index contributed by atoms with van der Waals surface area (Å²) in [5.41, 5.74) is 1.05.